The zero-order valence-electron chi connectivity index (χ0n) is 31.9. The molecule has 1 aliphatic heterocycles. The summed E-state index contributed by atoms with van der Waals surface area (Å²) in [4.78, 5) is 2.26. The molecule has 258 valence electrons. The van der Waals surface area contributed by atoms with Crippen LogP contribution in [-0.2, 0) is 39.1 Å². The third-order valence-corrected chi connectivity index (χ3v) is 9.91. The first-order valence-electron chi connectivity index (χ1n) is 17.1. The van der Waals surface area contributed by atoms with E-state index < -0.39 is 8.60 Å². The molecule has 5 nitrogen and oxygen atoms in total. The van der Waals surface area contributed by atoms with E-state index in [1.54, 1.807) is 0 Å². The van der Waals surface area contributed by atoms with Gasteiger partial charge in [-0.05, 0) is 70.4 Å². The lowest BCUT2D eigenvalue weighted by Gasteiger charge is -2.32. The largest absolute Gasteiger partial charge is 0.507 e. The van der Waals surface area contributed by atoms with Gasteiger partial charge in [0.05, 0.1) is 6.61 Å². The number of hydrogen-bond donors (Lipinski definition) is 1. The Labute approximate surface area is 287 Å². The first-order valence-corrected chi connectivity index (χ1v) is 18.2. The van der Waals surface area contributed by atoms with Crippen molar-refractivity contribution >= 4 is 8.60 Å². The number of fused-ring (bicyclic) bond motifs is 2. The molecule has 0 spiro atoms. The number of rotatable bonds is 6. The van der Waals surface area contributed by atoms with Crippen LogP contribution in [0.3, 0.4) is 0 Å². The van der Waals surface area contributed by atoms with Crippen LogP contribution in [0.1, 0.15) is 133 Å². The standard InChI is InChI=1S/C41H60NO4P/c1-26-18-29-24-30-19-27(2)21-34(41(12,13)14)37(30)46-47(45-36(29)33(20-26)40(9,10)11)44-17-16-42(15)25-28-22-31(38(3,4)5)35(43)32(23-28)39(6,7)8/h18-23,43H,16-17,24-25H2,1-15H3. The van der Waals surface area contributed by atoms with E-state index in [2.05, 4.69) is 145 Å². The summed E-state index contributed by atoms with van der Waals surface area (Å²) in [6.07, 6.45) is 0.742. The van der Waals surface area contributed by atoms with Crippen LogP contribution in [-0.4, -0.2) is 30.2 Å². The molecule has 0 aliphatic carbocycles. The molecule has 1 heterocycles. The molecule has 0 bridgehead atoms. The van der Waals surface area contributed by atoms with Gasteiger partial charge in [-0.25, -0.2) is 0 Å². The third-order valence-electron chi connectivity index (χ3n) is 8.86. The lowest BCUT2D eigenvalue weighted by atomic mass is 9.78. The molecular formula is C41H60NO4P. The highest BCUT2D eigenvalue weighted by atomic mass is 31.2. The SMILES string of the molecule is Cc1cc2c(c(C(C)(C)C)c1)OP(OCCN(C)Cc1cc(C(C)(C)C)c(O)c(C(C)(C)C)c1)Oc1c(cc(C)cc1C(C)(C)C)C2. The van der Waals surface area contributed by atoms with Gasteiger partial charge in [0.1, 0.15) is 17.2 Å². The van der Waals surface area contributed by atoms with Gasteiger partial charge in [-0.2, -0.15) is 0 Å². The summed E-state index contributed by atoms with van der Waals surface area (Å²) in [5, 5.41) is 11.2. The second-order valence-corrected chi connectivity index (χ2v) is 18.9. The molecule has 0 amide bonds. The monoisotopic (exact) mass is 661 g/mol. The van der Waals surface area contributed by atoms with Crippen LogP contribution in [0.5, 0.6) is 17.2 Å². The molecule has 1 N–H and O–H groups in total. The summed E-state index contributed by atoms with van der Waals surface area (Å²) in [6, 6.07) is 13.3. The molecule has 0 fully saturated rings. The molecule has 0 radical (unpaired) electrons. The average molecular weight is 662 g/mol. The highest BCUT2D eigenvalue weighted by Gasteiger charge is 2.33. The number of phenolic OH excluding ortho intramolecular Hbond substituents is 1. The molecule has 0 unspecified atom stereocenters. The fourth-order valence-corrected chi connectivity index (χ4v) is 7.41. The maximum Gasteiger partial charge on any atom is 0.463 e. The normalized spacial score (nSPS) is 14.6. The van der Waals surface area contributed by atoms with Gasteiger partial charge in [0.25, 0.3) is 0 Å². The molecule has 6 heteroatoms. The first kappa shape index (κ1) is 37.2. The van der Waals surface area contributed by atoms with Crippen molar-refractivity contribution in [2.45, 2.75) is 132 Å². The topological polar surface area (TPSA) is 51.2 Å². The fraction of sp³-hybridized carbons (Fsp3) is 0.561. The van der Waals surface area contributed by atoms with Crippen molar-refractivity contribution in [1.82, 2.24) is 4.90 Å². The number of phenols is 1. The molecular weight excluding hydrogens is 601 g/mol. The minimum Gasteiger partial charge on any atom is -0.507 e. The van der Waals surface area contributed by atoms with Gasteiger partial charge >= 0.3 is 8.60 Å². The van der Waals surface area contributed by atoms with Crippen molar-refractivity contribution in [3.63, 3.8) is 0 Å². The number of benzene rings is 3. The van der Waals surface area contributed by atoms with Crippen molar-refractivity contribution in [2.75, 3.05) is 20.2 Å². The maximum absolute atomic E-state index is 11.2. The Hall–Kier alpha value is -2.59. The Morgan fingerprint density at radius 2 is 1.06 bits per heavy atom. The summed E-state index contributed by atoms with van der Waals surface area (Å²) in [7, 11) is 0.384. The number of hydrogen-bond acceptors (Lipinski definition) is 5. The number of aryl methyl sites for hydroxylation is 2. The fourth-order valence-electron chi connectivity index (χ4n) is 6.31. The van der Waals surface area contributed by atoms with Crippen molar-refractivity contribution in [1.29, 1.82) is 0 Å². The summed E-state index contributed by atoms with van der Waals surface area (Å²) < 4.78 is 20.1. The number of nitrogens with zero attached hydrogens (tertiary/aromatic N) is 1. The smallest absolute Gasteiger partial charge is 0.463 e. The molecule has 3 aromatic rings. The van der Waals surface area contributed by atoms with Crippen LogP contribution in [0.4, 0.5) is 0 Å². The van der Waals surface area contributed by atoms with E-state index in [4.69, 9.17) is 13.6 Å². The Morgan fingerprint density at radius 3 is 1.45 bits per heavy atom. The lowest BCUT2D eigenvalue weighted by molar-refractivity contribution is 0.210. The molecule has 0 saturated carbocycles. The number of aromatic hydroxyl groups is 1. The van der Waals surface area contributed by atoms with Crippen molar-refractivity contribution < 1.29 is 18.7 Å². The van der Waals surface area contributed by atoms with Gasteiger partial charge in [0.2, 0.25) is 0 Å². The molecule has 47 heavy (non-hydrogen) atoms. The average Bonchev–Trinajstić information content (AvgIpc) is 2.88. The van der Waals surface area contributed by atoms with Crippen LogP contribution in [0.25, 0.3) is 0 Å². The molecule has 0 atom stereocenters. The van der Waals surface area contributed by atoms with Crippen LogP contribution < -0.4 is 9.05 Å². The van der Waals surface area contributed by atoms with Crippen molar-refractivity contribution in [3.8, 4) is 17.2 Å². The van der Waals surface area contributed by atoms with E-state index in [0.717, 1.165) is 35.6 Å². The van der Waals surface area contributed by atoms with E-state index in [1.165, 1.54) is 38.9 Å². The zero-order chi connectivity index (χ0) is 35.3. The highest BCUT2D eigenvalue weighted by Crippen LogP contribution is 2.52. The van der Waals surface area contributed by atoms with Crippen LogP contribution >= 0.6 is 8.60 Å². The van der Waals surface area contributed by atoms with E-state index in [1.807, 2.05) is 0 Å². The Bertz CT molecular complexity index is 1490. The number of likely N-dealkylation sites (N-methyl/N-ethyl adjacent to an activating group) is 1. The predicted octanol–water partition coefficient (Wildman–Crippen LogP) is 10.9. The third kappa shape index (κ3) is 8.91. The quantitative estimate of drug-likeness (QED) is 0.267. The van der Waals surface area contributed by atoms with Gasteiger partial charge in [0, 0.05) is 30.6 Å². The van der Waals surface area contributed by atoms with Crippen molar-refractivity contribution in [3.05, 3.63) is 86.5 Å². The van der Waals surface area contributed by atoms with Gasteiger partial charge in [-0.3, -0.25) is 9.42 Å². The van der Waals surface area contributed by atoms with Gasteiger partial charge in [-0.1, -0.05) is 131 Å². The summed E-state index contributed by atoms with van der Waals surface area (Å²) in [6.45, 7) is 32.6. The minimum absolute atomic E-state index is 0.107. The zero-order valence-corrected chi connectivity index (χ0v) is 32.8. The van der Waals surface area contributed by atoms with Gasteiger partial charge in [-0.15, -0.1) is 0 Å². The molecule has 1 aliphatic rings. The minimum atomic E-state index is -1.73. The Balaban J connectivity index is 1.64. The van der Waals surface area contributed by atoms with Crippen LogP contribution in [0.15, 0.2) is 36.4 Å². The second kappa shape index (κ2) is 13.4. The van der Waals surface area contributed by atoms with Crippen molar-refractivity contribution in [2.24, 2.45) is 0 Å². The lowest BCUT2D eigenvalue weighted by Crippen LogP contribution is -2.24. The van der Waals surface area contributed by atoms with E-state index in [0.29, 0.717) is 18.9 Å². The predicted molar refractivity (Wildman–Crippen MR) is 199 cm³/mol. The van der Waals surface area contributed by atoms with E-state index >= 15 is 0 Å². The molecule has 4 rings (SSSR count). The summed E-state index contributed by atoms with van der Waals surface area (Å²) >= 11 is 0. The van der Waals surface area contributed by atoms with Crippen LogP contribution in [0, 0.1) is 13.8 Å². The Morgan fingerprint density at radius 1 is 0.660 bits per heavy atom. The van der Waals surface area contributed by atoms with Gasteiger partial charge < -0.3 is 14.2 Å². The van der Waals surface area contributed by atoms with E-state index in [-0.39, 0.29) is 21.7 Å². The maximum atomic E-state index is 11.2. The second-order valence-electron chi connectivity index (χ2n) is 17.8. The first-order chi connectivity index (χ1) is 21.4. The molecule has 0 aromatic heterocycles. The van der Waals surface area contributed by atoms with Gasteiger partial charge in [0.15, 0.2) is 0 Å². The van der Waals surface area contributed by atoms with Crippen LogP contribution in [0.2, 0.25) is 0 Å². The molecule has 0 saturated heterocycles. The highest BCUT2D eigenvalue weighted by molar-refractivity contribution is 7.42. The molecule has 3 aromatic carbocycles. The van der Waals surface area contributed by atoms with E-state index in [9.17, 15) is 5.11 Å². The Kier molecular flexibility index (Phi) is 10.6. The summed E-state index contributed by atoms with van der Waals surface area (Å²) in [5.41, 5.74) is 9.76. The summed E-state index contributed by atoms with van der Waals surface area (Å²) in [5.74, 6) is 2.19.